The number of benzene rings is 10. The number of hydrogen-bond donors (Lipinski definition) is 5. The Balaban J connectivity index is 0.805. The Labute approximate surface area is 590 Å². The van der Waals surface area contributed by atoms with Gasteiger partial charge in [-0.1, -0.05) is 168 Å². The van der Waals surface area contributed by atoms with Crippen molar-refractivity contribution in [3.63, 3.8) is 0 Å². The lowest BCUT2D eigenvalue weighted by atomic mass is 9.58. The van der Waals surface area contributed by atoms with Crippen LogP contribution >= 0.6 is 0 Å². The van der Waals surface area contributed by atoms with E-state index >= 15 is 0 Å². The van der Waals surface area contributed by atoms with Crippen molar-refractivity contribution in [3.05, 3.63) is 286 Å². The Bertz CT molecular complexity index is 5100. The molecule has 0 aromatic heterocycles. The number of fused-ring (bicyclic) bond motifs is 10. The van der Waals surface area contributed by atoms with Gasteiger partial charge in [-0.15, -0.1) is 13.2 Å². The summed E-state index contributed by atoms with van der Waals surface area (Å²) in [6, 6.07) is 60.6. The molecule has 0 aliphatic heterocycles. The standard InChI is InChI=1S/C88H67B5N2O5/c1-3-49-31-29-47-41-65(49)61-25-15-27-67-73(61)63-35-33-53(43-69(63)87(67,45-47)75-77(89)84(98)80(92)79(91)82(75)96)94(51-17-7-5-8-18-51)71-39-37-57(55-21-11-13-23-59(55)71)58-38-40-72(60-24-14-12-22-56(58)60)95(52-19-9-6-10-20-52)54-34-36-64-70(44-54)88(76-78(90)85(99)86(100)81(93)83(76)97)46-48-30-32-50(4-2)66(42-48)62-26-16-28-68(88)74(62)64/h3-14,17-26,33-44,49-50,65-66,96-100H,1-2,15-16,27-32,45-46H2/t49?,50?,65-,66+,87?,88?/m0/s1. The van der Waals surface area contributed by atoms with Crippen molar-refractivity contribution in [1.29, 1.82) is 0 Å². The largest absolute Gasteiger partial charge is 0.509 e. The number of aromatic hydroxyl groups is 5. The summed E-state index contributed by atoms with van der Waals surface area (Å²) in [6.45, 7) is 8.65. The van der Waals surface area contributed by atoms with Gasteiger partial charge in [-0.05, 0) is 231 Å². The summed E-state index contributed by atoms with van der Waals surface area (Å²) in [4.78, 5) is 4.66. The molecule has 0 heterocycles. The fraction of sp³-hybridized carbons (Fsp3) is 0.182. The zero-order valence-corrected chi connectivity index (χ0v) is 55.4. The maximum atomic E-state index is 12.5. The maximum Gasteiger partial charge on any atom is 0.153 e. The first-order chi connectivity index (χ1) is 48.7. The highest BCUT2D eigenvalue weighted by Crippen LogP contribution is 2.66. The minimum atomic E-state index is -1.07. The Morgan fingerprint density at radius 1 is 0.390 bits per heavy atom. The van der Waals surface area contributed by atoms with E-state index in [1.807, 2.05) is 12.1 Å². The predicted octanol–water partition coefficient (Wildman–Crippen LogP) is 15.7. The van der Waals surface area contributed by atoms with Crippen LogP contribution in [0.2, 0.25) is 0 Å². The van der Waals surface area contributed by atoms with Gasteiger partial charge in [0.15, 0.2) is 5.75 Å². The summed E-state index contributed by atoms with van der Waals surface area (Å²) in [5.41, 5.74) is 19.3. The molecule has 100 heavy (non-hydrogen) atoms. The summed E-state index contributed by atoms with van der Waals surface area (Å²) in [7, 11) is 33.9. The SMILES string of the molecule is [B]c1c([B])c(O)c(C23CC4=C[C@H](C5=CCCC2=C5c2ccc(N(c5ccccc5)c5ccc(-c6ccc(N(c7ccccc7)c7ccc8c(c7)C7(c9c([B])c(O)c(O)c([B])c9O)CC9=C[C@@H](C%10=CCCC7=C%108)C(C=C)CC9)c7ccccc67)c6ccccc56)cc23)C(C=C)CC4)c([B])c1O. The molecule has 4 unspecified atom stereocenters. The van der Waals surface area contributed by atoms with Crippen molar-refractivity contribution >= 4 is 133 Å². The van der Waals surface area contributed by atoms with E-state index in [4.69, 9.17) is 39.2 Å². The molecule has 18 rings (SSSR count). The van der Waals surface area contributed by atoms with Crippen molar-refractivity contribution in [2.24, 2.45) is 23.7 Å². The predicted molar refractivity (Wildman–Crippen MR) is 413 cm³/mol. The lowest BCUT2D eigenvalue weighted by molar-refractivity contribution is 0.396. The molecule has 0 fully saturated rings. The lowest BCUT2D eigenvalue weighted by Gasteiger charge is -2.43. The number of anilines is 6. The van der Waals surface area contributed by atoms with Gasteiger partial charge in [-0.25, -0.2) is 0 Å². The summed E-state index contributed by atoms with van der Waals surface area (Å²) in [5.74, 6) is -1.30. The van der Waals surface area contributed by atoms with Crippen LogP contribution in [0.4, 0.5) is 34.1 Å². The van der Waals surface area contributed by atoms with Gasteiger partial charge < -0.3 is 35.3 Å². The quantitative estimate of drug-likeness (QED) is 0.0380. The number of para-hydroxylation sites is 2. The first-order valence-electron chi connectivity index (χ1n) is 34.9. The van der Waals surface area contributed by atoms with Crippen LogP contribution in [0.25, 0.3) is 43.8 Å². The molecule has 474 valence electrons. The highest BCUT2D eigenvalue weighted by Gasteiger charge is 2.55. The van der Waals surface area contributed by atoms with Gasteiger partial charge in [0.1, 0.15) is 62.2 Å². The zero-order chi connectivity index (χ0) is 68.4. The van der Waals surface area contributed by atoms with Crippen LogP contribution in [0.1, 0.15) is 97.6 Å². The first-order valence-corrected chi connectivity index (χ1v) is 34.9. The molecule has 8 aliphatic rings. The molecule has 12 heteroatoms. The molecular weight excluding hydrogens is 1220 g/mol. The van der Waals surface area contributed by atoms with Crippen LogP contribution in [0, 0.1) is 23.7 Å². The van der Waals surface area contributed by atoms with Crippen molar-refractivity contribution in [2.75, 3.05) is 9.80 Å². The van der Waals surface area contributed by atoms with Gasteiger partial charge in [0.25, 0.3) is 0 Å². The van der Waals surface area contributed by atoms with E-state index in [2.05, 4.69) is 217 Å². The fourth-order valence-corrected chi connectivity index (χ4v) is 19.6. The van der Waals surface area contributed by atoms with Gasteiger partial charge in [0.05, 0.1) is 11.4 Å². The second-order valence-electron chi connectivity index (χ2n) is 28.6. The molecule has 6 atom stereocenters. The van der Waals surface area contributed by atoms with E-state index < -0.39 is 22.3 Å². The topological polar surface area (TPSA) is 108 Å². The van der Waals surface area contributed by atoms with Crippen LogP contribution in [-0.2, 0) is 10.8 Å². The molecule has 10 aromatic carbocycles. The minimum Gasteiger partial charge on any atom is -0.509 e. The average molecular weight is 1290 g/mol. The second-order valence-corrected chi connectivity index (χ2v) is 28.6. The van der Waals surface area contributed by atoms with E-state index in [0.717, 1.165) is 151 Å². The van der Waals surface area contributed by atoms with Crippen LogP contribution < -0.4 is 37.1 Å². The van der Waals surface area contributed by atoms with Gasteiger partial charge in [-0.2, -0.15) is 0 Å². The highest BCUT2D eigenvalue weighted by molar-refractivity contribution is 6.54. The monoisotopic (exact) mass is 1290 g/mol. The third kappa shape index (κ3) is 8.64. The first kappa shape index (κ1) is 61.9. The molecule has 5 N–H and O–H groups in total. The van der Waals surface area contributed by atoms with E-state index in [1.165, 1.54) is 27.9 Å². The molecule has 7 nitrogen and oxygen atoms in total. The van der Waals surface area contributed by atoms with Crippen LogP contribution in [-0.4, -0.2) is 64.8 Å². The summed E-state index contributed by atoms with van der Waals surface area (Å²) in [5, 5.41) is 63.7. The van der Waals surface area contributed by atoms with E-state index in [-0.39, 0.29) is 68.2 Å². The number of phenols is 5. The van der Waals surface area contributed by atoms with Crippen LogP contribution in [0.3, 0.4) is 0 Å². The highest BCUT2D eigenvalue weighted by atomic mass is 16.3. The number of allylic oxidation sites excluding steroid dienone is 14. The summed E-state index contributed by atoms with van der Waals surface area (Å²) in [6.07, 6.45) is 21.4. The maximum absolute atomic E-state index is 12.5. The minimum absolute atomic E-state index is 0.0243. The van der Waals surface area contributed by atoms with Gasteiger partial charge in [-0.3, -0.25) is 0 Å². The number of phenolic OH excluding ortho intramolecular Hbond substituents is 5. The third-order valence-corrected chi connectivity index (χ3v) is 23.9. The van der Waals surface area contributed by atoms with Crippen LogP contribution in [0.15, 0.2) is 253 Å². The number of hydrogen-bond acceptors (Lipinski definition) is 7. The van der Waals surface area contributed by atoms with E-state index in [1.54, 1.807) is 0 Å². The smallest absolute Gasteiger partial charge is 0.153 e. The summed E-state index contributed by atoms with van der Waals surface area (Å²) < 4.78 is 0. The Hall–Kier alpha value is -10.4. The Morgan fingerprint density at radius 2 is 0.780 bits per heavy atom. The zero-order valence-electron chi connectivity index (χ0n) is 55.4. The normalized spacial score (nSPS) is 22.1. The molecule has 10 radical (unpaired) electrons. The molecule has 10 aromatic rings. The van der Waals surface area contributed by atoms with Gasteiger partial charge in [0.2, 0.25) is 0 Å². The number of nitrogens with zero attached hydrogens (tertiary/aromatic N) is 2. The molecule has 12 bridgehead atoms. The summed E-state index contributed by atoms with van der Waals surface area (Å²) >= 11 is 0. The molecule has 8 aliphatic carbocycles. The van der Waals surface area contributed by atoms with E-state index in [9.17, 15) is 25.5 Å². The molecule has 0 saturated heterocycles. The molecule has 0 amide bonds. The third-order valence-electron chi connectivity index (χ3n) is 23.9. The number of rotatable bonds is 11. The van der Waals surface area contributed by atoms with Crippen molar-refractivity contribution in [1.82, 2.24) is 0 Å². The Kier molecular flexibility index (Phi) is 14.3. The fourth-order valence-electron chi connectivity index (χ4n) is 19.6. The average Bonchev–Trinajstić information content (AvgIpc) is 1.52. The second kappa shape index (κ2) is 23.1. The lowest BCUT2D eigenvalue weighted by Crippen LogP contribution is -2.42. The molecular formula is C88H67B5N2O5. The van der Waals surface area contributed by atoms with Crippen molar-refractivity contribution < 1.29 is 25.5 Å². The Morgan fingerprint density at radius 3 is 1.23 bits per heavy atom. The van der Waals surface area contributed by atoms with Crippen molar-refractivity contribution in [2.45, 2.75) is 75.0 Å². The van der Waals surface area contributed by atoms with Gasteiger partial charge >= 0.3 is 0 Å². The van der Waals surface area contributed by atoms with Crippen molar-refractivity contribution in [3.8, 4) is 39.9 Å². The molecule has 0 saturated carbocycles. The van der Waals surface area contributed by atoms with Crippen LogP contribution in [0.5, 0.6) is 28.7 Å². The van der Waals surface area contributed by atoms with Gasteiger partial charge in [0, 0.05) is 67.3 Å². The molecule has 0 spiro atoms. The van der Waals surface area contributed by atoms with E-state index in [0.29, 0.717) is 30.4 Å².